The predicted octanol–water partition coefficient (Wildman–Crippen LogP) is 4.05. The van der Waals surface area contributed by atoms with E-state index in [9.17, 15) is 0 Å². The van der Waals surface area contributed by atoms with E-state index in [1.807, 2.05) is 13.0 Å². The molecule has 0 unspecified atom stereocenters. The molecule has 1 fully saturated rings. The molecule has 1 aromatic carbocycles. The van der Waals surface area contributed by atoms with Crippen LogP contribution in [0, 0.1) is 6.92 Å². The number of aromatic nitrogens is 2. The molecule has 28 heavy (non-hydrogen) atoms. The van der Waals surface area contributed by atoms with Gasteiger partial charge in [0.1, 0.15) is 5.82 Å². The van der Waals surface area contributed by atoms with Gasteiger partial charge in [0, 0.05) is 30.0 Å². The minimum Gasteiger partial charge on any atom is -0.369 e. The van der Waals surface area contributed by atoms with E-state index in [2.05, 4.69) is 37.4 Å². The summed E-state index contributed by atoms with van der Waals surface area (Å²) in [6.45, 7) is 7.33. The van der Waals surface area contributed by atoms with Crippen molar-refractivity contribution in [3.05, 3.63) is 40.0 Å². The van der Waals surface area contributed by atoms with Crippen LogP contribution in [0.25, 0.3) is 0 Å². The number of halogens is 2. The van der Waals surface area contributed by atoms with E-state index >= 15 is 0 Å². The molecular formula is C19H25Cl2N7. The van der Waals surface area contributed by atoms with E-state index in [0.29, 0.717) is 27.7 Å². The number of likely N-dealkylation sites (N-methyl/N-ethyl adjacent to an activating group) is 1. The molecule has 3 rings (SSSR count). The van der Waals surface area contributed by atoms with Crippen molar-refractivity contribution in [3.8, 4) is 0 Å². The van der Waals surface area contributed by atoms with E-state index in [4.69, 9.17) is 28.9 Å². The van der Waals surface area contributed by atoms with E-state index < -0.39 is 0 Å². The number of hydrogen-bond donors (Lipinski definition) is 3. The van der Waals surface area contributed by atoms with Crippen molar-refractivity contribution in [2.45, 2.75) is 32.7 Å². The van der Waals surface area contributed by atoms with Gasteiger partial charge in [-0.1, -0.05) is 30.1 Å². The topological polar surface area (TPSA) is 91.5 Å². The van der Waals surface area contributed by atoms with Gasteiger partial charge in [-0.3, -0.25) is 0 Å². The van der Waals surface area contributed by atoms with Gasteiger partial charge in [-0.2, -0.15) is 9.98 Å². The number of nitrogens with two attached hydrogens (primary N) is 1. The molecule has 1 saturated heterocycles. The molecule has 2 heterocycles. The number of guanidine groups is 1. The zero-order chi connectivity index (χ0) is 20.1. The highest BCUT2D eigenvalue weighted by atomic mass is 35.5. The van der Waals surface area contributed by atoms with E-state index in [0.717, 1.165) is 37.6 Å². The van der Waals surface area contributed by atoms with Crippen molar-refractivity contribution in [2.75, 3.05) is 30.3 Å². The van der Waals surface area contributed by atoms with Gasteiger partial charge in [-0.05, 0) is 51.1 Å². The van der Waals surface area contributed by atoms with Crippen LogP contribution >= 0.6 is 23.2 Å². The smallest absolute Gasteiger partial charge is 0.254 e. The third kappa shape index (κ3) is 5.70. The fraction of sp³-hybridized carbons (Fsp3) is 0.421. The Morgan fingerprint density at radius 3 is 2.86 bits per heavy atom. The molecule has 2 aromatic rings. The highest BCUT2D eigenvalue weighted by molar-refractivity contribution is 6.42. The van der Waals surface area contributed by atoms with E-state index in [1.165, 1.54) is 6.42 Å². The summed E-state index contributed by atoms with van der Waals surface area (Å²) in [7, 11) is 0. The number of piperidine rings is 1. The van der Waals surface area contributed by atoms with Crippen molar-refractivity contribution in [1.82, 2.24) is 14.9 Å². The minimum absolute atomic E-state index is 0.171. The number of hydrogen-bond acceptors (Lipinski definition) is 5. The first-order valence-electron chi connectivity index (χ1n) is 9.33. The molecule has 0 aliphatic carbocycles. The number of aryl methyl sites for hydroxylation is 1. The molecule has 7 nitrogen and oxygen atoms in total. The Labute approximate surface area is 175 Å². The normalized spacial score (nSPS) is 18.1. The molecule has 0 amide bonds. The van der Waals surface area contributed by atoms with Crippen molar-refractivity contribution in [3.63, 3.8) is 0 Å². The largest absolute Gasteiger partial charge is 0.369 e. The van der Waals surface area contributed by atoms with Crippen molar-refractivity contribution in [2.24, 2.45) is 10.7 Å². The molecular weight excluding hydrogens is 397 g/mol. The number of benzene rings is 1. The van der Waals surface area contributed by atoms with Crippen molar-refractivity contribution in [1.29, 1.82) is 0 Å². The van der Waals surface area contributed by atoms with E-state index in [-0.39, 0.29) is 5.96 Å². The first-order valence-corrected chi connectivity index (χ1v) is 10.1. The summed E-state index contributed by atoms with van der Waals surface area (Å²) in [4.78, 5) is 15.6. The summed E-state index contributed by atoms with van der Waals surface area (Å²) >= 11 is 12.0. The fourth-order valence-electron chi connectivity index (χ4n) is 3.20. The van der Waals surface area contributed by atoms with Gasteiger partial charge in [0.15, 0.2) is 0 Å². The Morgan fingerprint density at radius 2 is 2.11 bits per heavy atom. The Hall–Kier alpha value is -2.09. The van der Waals surface area contributed by atoms with Crippen LogP contribution < -0.4 is 16.4 Å². The lowest BCUT2D eigenvalue weighted by molar-refractivity contribution is 0.226. The highest BCUT2D eigenvalue weighted by Crippen LogP contribution is 2.25. The lowest BCUT2D eigenvalue weighted by atomic mass is 10.1. The number of rotatable bonds is 5. The zero-order valence-electron chi connectivity index (χ0n) is 16.0. The zero-order valence-corrected chi connectivity index (χ0v) is 17.6. The third-order valence-electron chi connectivity index (χ3n) is 4.56. The summed E-state index contributed by atoms with van der Waals surface area (Å²) in [6, 6.07) is 7.43. The second kappa shape index (κ2) is 9.41. The average Bonchev–Trinajstić information content (AvgIpc) is 2.64. The fourth-order valence-corrected chi connectivity index (χ4v) is 3.50. The van der Waals surface area contributed by atoms with Crippen molar-refractivity contribution < 1.29 is 0 Å². The quantitative estimate of drug-likeness (QED) is 0.498. The number of anilines is 2. The average molecular weight is 422 g/mol. The lowest BCUT2D eigenvalue weighted by Crippen LogP contribution is -2.42. The van der Waals surface area contributed by atoms with Gasteiger partial charge in [0.25, 0.3) is 5.95 Å². The van der Waals surface area contributed by atoms with Crippen LogP contribution in [-0.4, -0.2) is 46.5 Å². The second-order valence-corrected chi connectivity index (χ2v) is 7.64. The molecule has 0 spiro atoms. The standard InChI is InChI=1S/C19H25Cl2N7/c1-3-28-8-4-5-14(11-28)24-17-9-12(2)23-19(26-17)27-18(22)25-13-6-7-15(20)16(21)10-13/h6-7,9-10,14H,3-5,8,11H2,1-2H3,(H4,22,23,24,25,26,27)/t14-/m1/s1. The van der Waals surface area contributed by atoms with Crippen LogP contribution in [-0.2, 0) is 0 Å². The SMILES string of the molecule is CCN1CCC[C@@H](Nc2cc(C)nc(N=C(N)Nc3ccc(Cl)c(Cl)c3)n2)C1. The van der Waals surface area contributed by atoms with Crippen LogP contribution in [0.2, 0.25) is 10.0 Å². The Bertz CT molecular complexity index is 856. The van der Waals surface area contributed by atoms with Gasteiger partial charge in [-0.25, -0.2) is 4.98 Å². The maximum Gasteiger partial charge on any atom is 0.254 e. The summed E-state index contributed by atoms with van der Waals surface area (Å²) in [6.07, 6.45) is 2.31. The summed E-state index contributed by atoms with van der Waals surface area (Å²) < 4.78 is 0. The van der Waals surface area contributed by atoms with Gasteiger partial charge in [-0.15, -0.1) is 0 Å². The summed E-state index contributed by atoms with van der Waals surface area (Å²) in [5.41, 5.74) is 7.51. The van der Waals surface area contributed by atoms with Gasteiger partial charge < -0.3 is 21.3 Å². The second-order valence-electron chi connectivity index (χ2n) is 6.82. The lowest BCUT2D eigenvalue weighted by Gasteiger charge is -2.32. The molecule has 0 saturated carbocycles. The number of likely N-dealkylation sites (tertiary alicyclic amines) is 1. The molecule has 4 N–H and O–H groups in total. The molecule has 0 bridgehead atoms. The third-order valence-corrected chi connectivity index (χ3v) is 5.30. The van der Waals surface area contributed by atoms with Crippen LogP contribution in [0.5, 0.6) is 0 Å². The number of nitrogens with zero attached hydrogens (tertiary/aromatic N) is 4. The number of nitrogens with one attached hydrogen (secondary N) is 2. The maximum absolute atomic E-state index is 6.02. The van der Waals surface area contributed by atoms with Crippen LogP contribution in [0.15, 0.2) is 29.3 Å². The van der Waals surface area contributed by atoms with Crippen molar-refractivity contribution >= 4 is 46.6 Å². The van der Waals surface area contributed by atoms with Gasteiger partial charge in [0.05, 0.1) is 10.0 Å². The number of aliphatic imine (C=N–C) groups is 1. The van der Waals surface area contributed by atoms with Gasteiger partial charge >= 0.3 is 0 Å². The molecule has 150 valence electrons. The van der Waals surface area contributed by atoms with Crippen LogP contribution in [0.4, 0.5) is 17.5 Å². The monoisotopic (exact) mass is 421 g/mol. The van der Waals surface area contributed by atoms with Gasteiger partial charge in [0.2, 0.25) is 5.96 Å². The van der Waals surface area contributed by atoms with Crippen LogP contribution in [0.3, 0.4) is 0 Å². The molecule has 1 aromatic heterocycles. The van der Waals surface area contributed by atoms with Crippen LogP contribution in [0.1, 0.15) is 25.5 Å². The minimum atomic E-state index is 0.171. The molecule has 0 radical (unpaired) electrons. The summed E-state index contributed by atoms with van der Waals surface area (Å²) in [5.74, 6) is 1.23. The predicted molar refractivity (Wildman–Crippen MR) is 117 cm³/mol. The molecule has 9 heteroatoms. The highest BCUT2D eigenvalue weighted by Gasteiger charge is 2.19. The first kappa shape index (κ1) is 20.6. The summed E-state index contributed by atoms with van der Waals surface area (Å²) in [5, 5.41) is 7.39. The first-order chi connectivity index (χ1) is 13.4. The molecule has 1 aliphatic rings. The molecule has 1 atom stereocenters. The maximum atomic E-state index is 6.02. The Balaban J connectivity index is 1.71. The Kier molecular flexibility index (Phi) is 6.93. The van der Waals surface area contributed by atoms with E-state index in [1.54, 1.807) is 18.2 Å². The molecule has 1 aliphatic heterocycles. The Morgan fingerprint density at radius 1 is 1.29 bits per heavy atom.